The van der Waals surface area contributed by atoms with Gasteiger partial charge in [0.15, 0.2) is 0 Å². The van der Waals surface area contributed by atoms with Crippen molar-refractivity contribution >= 4 is 23.4 Å². The van der Waals surface area contributed by atoms with E-state index in [0.717, 1.165) is 34.0 Å². The molecule has 0 radical (unpaired) electrons. The van der Waals surface area contributed by atoms with Crippen LogP contribution in [0.4, 0.5) is 5.69 Å². The predicted octanol–water partition coefficient (Wildman–Crippen LogP) is 1.92. The first kappa shape index (κ1) is 13.2. The summed E-state index contributed by atoms with van der Waals surface area (Å²) in [4.78, 5) is 12.0. The molecule has 1 atom stereocenters. The monoisotopic (exact) mass is 266 g/mol. The maximum absolute atomic E-state index is 12.0. The fourth-order valence-electron chi connectivity index (χ4n) is 1.98. The van der Waals surface area contributed by atoms with Crippen LogP contribution in [0.25, 0.3) is 0 Å². The summed E-state index contributed by atoms with van der Waals surface area (Å²) < 4.78 is 0. The highest BCUT2D eigenvalue weighted by atomic mass is 32.2. The number of rotatable bonds is 2. The maximum atomic E-state index is 12.0. The van der Waals surface area contributed by atoms with Gasteiger partial charge in [-0.05, 0) is 43.5 Å². The highest BCUT2D eigenvalue weighted by Crippen LogP contribution is 2.30. The van der Waals surface area contributed by atoms with Crippen LogP contribution in [0.1, 0.15) is 16.7 Å². The van der Waals surface area contributed by atoms with Crippen LogP contribution < -0.4 is 10.6 Å². The number of phenols is 1. The Bertz CT molecular complexity index is 482. The molecule has 2 rings (SSSR count). The summed E-state index contributed by atoms with van der Waals surface area (Å²) in [6.07, 6.45) is 0. The number of carbonyl (C=O) groups excluding carboxylic acids is 1. The van der Waals surface area contributed by atoms with Gasteiger partial charge >= 0.3 is 0 Å². The van der Waals surface area contributed by atoms with Gasteiger partial charge in [0, 0.05) is 17.3 Å². The molecule has 0 aliphatic carbocycles. The molecule has 0 unspecified atom stereocenters. The van der Waals surface area contributed by atoms with Crippen molar-refractivity contribution in [3.05, 3.63) is 22.8 Å². The van der Waals surface area contributed by atoms with Gasteiger partial charge in [-0.3, -0.25) is 10.1 Å². The van der Waals surface area contributed by atoms with Crippen LogP contribution in [0.5, 0.6) is 5.75 Å². The molecule has 0 saturated carbocycles. The summed E-state index contributed by atoms with van der Waals surface area (Å²) in [6.45, 7) is 5.60. The highest BCUT2D eigenvalue weighted by molar-refractivity contribution is 7.99. The summed E-state index contributed by atoms with van der Waals surface area (Å²) in [5, 5.41) is 15.9. The summed E-state index contributed by atoms with van der Waals surface area (Å²) in [7, 11) is 0. The SMILES string of the molecule is Cc1cc(NC(=O)[C@@H]2CSCN2)c(C)c(C)c1O. The van der Waals surface area contributed by atoms with Crippen LogP contribution in [0.2, 0.25) is 0 Å². The third-order valence-electron chi connectivity index (χ3n) is 3.35. The molecule has 1 aromatic rings. The molecule has 1 fully saturated rings. The van der Waals surface area contributed by atoms with Gasteiger partial charge in [0.2, 0.25) is 5.91 Å². The molecule has 1 saturated heterocycles. The molecule has 0 spiro atoms. The summed E-state index contributed by atoms with van der Waals surface area (Å²) in [5.41, 5.74) is 3.30. The van der Waals surface area contributed by atoms with Crippen molar-refractivity contribution in [2.45, 2.75) is 26.8 Å². The van der Waals surface area contributed by atoms with Crippen LogP contribution in [0.3, 0.4) is 0 Å². The first-order valence-corrected chi connectivity index (χ1v) is 7.08. The Kier molecular flexibility index (Phi) is 3.82. The lowest BCUT2D eigenvalue weighted by molar-refractivity contribution is -0.117. The second-order valence-electron chi connectivity index (χ2n) is 4.60. The number of phenolic OH excluding ortho intramolecular Hbond substituents is 1. The van der Waals surface area contributed by atoms with Gasteiger partial charge in [-0.2, -0.15) is 0 Å². The van der Waals surface area contributed by atoms with Crippen LogP contribution in [0.15, 0.2) is 6.07 Å². The van der Waals surface area contributed by atoms with E-state index in [1.54, 1.807) is 11.8 Å². The van der Waals surface area contributed by atoms with Gasteiger partial charge < -0.3 is 10.4 Å². The number of thioether (sulfide) groups is 1. The second kappa shape index (κ2) is 5.20. The van der Waals surface area contributed by atoms with E-state index in [-0.39, 0.29) is 11.9 Å². The van der Waals surface area contributed by atoms with Gasteiger partial charge in [0.05, 0.1) is 6.04 Å². The summed E-state index contributed by atoms with van der Waals surface area (Å²) in [5.74, 6) is 1.93. The number of aromatic hydroxyl groups is 1. The van der Waals surface area contributed by atoms with Crippen molar-refractivity contribution in [1.82, 2.24) is 5.32 Å². The van der Waals surface area contributed by atoms with Crippen molar-refractivity contribution in [3.8, 4) is 5.75 Å². The molecule has 1 aromatic carbocycles. The number of benzene rings is 1. The van der Waals surface area contributed by atoms with Crippen molar-refractivity contribution < 1.29 is 9.90 Å². The number of aryl methyl sites for hydroxylation is 1. The Balaban J connectivity index is 2.21. The van der Waals surface area contributed by atoms with Crippen molar-refractivity contribution in [2.75, 3.05) is 16.9 Å². The van der Waals surface area contributed by atoms with Crippen molar-refractivity contribution in [2.24, 2.45) is 0 Å². The number of hydrogen-bond acceptors (Lipinski definition) is 4. The number of hydrogen-bond donors (Lipinski definition) is 3. The van der Waals surface area contributed by atoms with Gasteiger partial charge in [-0.25, -0.2) is 0 Å². The van der Waals surface area contributed by atoms with Gasteiger partial charge in [-0.15, -0.1) is 11.8 Å². The van der Waals surface area contributed by atoms with E-state index in [0.29, 0.717) is 5.75 Å². The third-order valence-corrected chi connectivity index (χ3v) is 4.29. The zero-order chi connectivity index (χ0) is 13.3. The Morgan fingerprint density at radius 2 is 2.17 bits per heavy atom. The van der Waals surface area contributed by atoms with Crippen LogP contribution in [-0.4, -0.2) is 28.7 Å². The smallest absolute Gasteiger partial charge is 0.242 e. The molecular formula is C13H18N2O2S. The zero-order valence-corrected chi connectivity index (χ0v) is 11.6. The van der Waals surface area contributed by atoms with Crippen LogP contribution in [-0.2, 0) is 4.79 Å². The first-order valence-electron chi connectivity index (χ1n) is 5.92. The largest absolute Gasteiger partial charge is 0.507 e. The Morgan fingerprint density at radius 3 is 2.78 bits per heavy atom. The number of carbonyl (C=O) groups is 1. The van der Waals surface area contributed by atoms with E-state index in [9.17, 15) is 9.90 Å². The fourth-order valence-corrected chi connectivity index (χ4v) is 2.92. The van der Waals surface area contributed by atoms with E-state index in [1.165, 1.54) is 0 Å². The molecule has 1 heterocycles. The average Bonchev–Trinajstić information content (AvgIpc) is 2.87. The van der Waals surface area contributed by atoms with Crippen molar-refractivity contribution in [3.63, 3.8) is 0 Å². The van der Waals surface area contributed by atoms with Crippen LogP contribution >= 0.6 is 11.8 Å². The molecule has 1 aliphatic rings. The molecule has 3 N–H and O–H groups in total. The average molecular weight is 266 g/mol. The lowest BCUT2D eigenvalue weighted by Crippen LogP contribution is -2.37. The first-order chi connectivity index (χ1) is 8.50. The van der Waals surface area contributed by atoms with E-state index in [2.05, 4.69) is 10.6 Å². The number of amides is 1. The molecule has 18 heavy (non-hydrogen) atoms. The summed E-state index contributed by atoms with van der Waals surface area (Å²) in [6, 6.07) is 1.70. The lowest BCUT2D eigenvalue weighted by Gasteiger charge is -2.16. The van der Waals surface area contributed by atoms with Gasteiger partial charge in [0.25, 0.3) is 0 Å². The minimum Gasteiger partial charge on any atom is -0.507 e. The van der Waals surface area contributed by atoms with E-state index in [1.807, 2.05) is 26.8 Å². The van der Waals surface area contributed by atoms with E-state index < -0.39 is 0 Å². The molecule has 1 aliphatic heterocycles. The van der Waals surface area contributed by atoms with Crippen molar-refractivity contribution in [1.29, 1.82) is 0 Å². The van der Waals surface area contributed by atoms with Gasteiger partial charge in [0.1, 0.15) is 5.75 Å². The molecule has 98 valence electrons. The molecule has 0 aromatic heterocycles. The predicted molar refractivity (Wildman–Crippen MR) is 75.2 cm³/mol. The normalized spacial score (nSPS) is 18.9. The Morgan fingerprint density at radius 1 is 1.44 bits per heavy atom. The highest BCUT2D eigenvalue weighted by Gasteiger charge is 2.23. The maximum Gasteiger partial charge on any atom is 0.242 e. The van der Waals surface area contributed by atoms with Crippen LogP contribution in [0, 0.1) is 20.8 Å². The molecular weight excluding hydrogens is 248 g/mol. The minimum atomic E-state index is -0.121. The lowest BCUT2D eigenvalue weighted by atomic mass is 10.0. The molecule has 4 nitrogen and oxygen atoms in total. The number of nitrogens with one attached hydrogen (secondary N) is 2. The zero-order valence-electron chi connectivity index (χ0n) is 10.8. The number of anilines is 1. The Hall–Kier alpha value is -1.20. The standard InChI is InChI=1S/C13H18N2O2S/c1-7-4-10(8(2)9(3)12(7)16)15-13(17)11-5-18-6-14-11/h4,11,14,16H,5-6H2,1-3H3,(H,15,17)/t11-/m0/s1. The molecule has 0 bridgehead atoms. The molecule has 1 amide bonds. The van der Waals surface area contributed by atoms with E-state index >= 15 is 0 Å². The van der Waals surface area contributed by atoms with Gasteiger partial charge in [-0.1, -0.05) is 0 Å². The minimum absolute atomic E-state index is 0.00686. The van der Waals surface area contributed by atoms with E-state index in [4.69, 9.17) is 0 Å². The topological polar surface area (TPSA) is 61.4 Å². The second-order valence-corrected chi connectivity index (χ2v) is 5.63. The quantitative estimate of drug-likeness (QED) is 0.716. The third kappa shape index (κ3) is 2.47. The summed E-state index contributed by atoms with van der Waals surface area (Å²) >= 11 is 1.72. The molecule has 5 heteroatoms. The fraction of sp³-hybridized carbons (Fsp3) is 0.462. The Labute approximate surface area is 111 Å².